The molecule has 0 bridgehead atoms. The summed E-state index contributed by atoms with van der Waals surface area (Å²) < 4.78 is 15.3. The van der Waals surface area contributed by atoms with Crippen LogP contribution in [0.5, 0.6) is 17.2 Å². The van der Waals surface area contributed by atoms with E-state index in [1.54, 1.807) is 30.3 Å². The van der Waals surface area contributed by atoms with Gasteiger partial charge in [0, 0.05) is 11.3 Å². The second-order valence-corrected chi connectivity index (χ2v) is 5.52. The van der Waals surface area contributed by atoms with E-state index in [0.29, 0.717) is 33.5 Å². The molecule has 0 unspecified atom stereocenters. The fourth-order valence-electron chi connectivity index (χ4n) is 2.08. The van der Waals surface area contributed by atoms with Gasteiger partial charge in [0.25, 0.3) is 0 Å². The first kappa shape index (κ1) is 20.1. The average molecular weight is 392 g/mol. The first-order valence-electron chi connectivity index (χ1n) is 7.68. The zero-order chi connectivity index (χ0) is 19.8. The van der Waals surface area contributed by atoms with Crippen molar-refractivity contribution in [3.63, 3.8) is 0 Å². The van der Waals surface area contributed by atoms with Crippen LogP contribution in [0.4, 0.5) is 5.69 Å². The Morgan fingerprint density at radius 3 is 2.30 bits per heavy atom. The van der Waals surface area contributed by atoms with Gasteiger partial charge in [0.2, 0.25) is 0 Å². The molecule has 0 radical (unpaired) electrons. The maximum atomic E-state index is 11.9. The molecule has 9 heteroatoms. The van der Waals surface area contributed by atoms with E-state index in [4.69, 9.17) is 25.8 Å². The third kappa shape index (κ3) is 5.35. The molecule has 0 saturated carbocycles. The van der Waals surface area contributed by atoms with Gasteiger partial charge in [-0.05, 0) is 36.4 Å². The number of amides is 2. The molecule has 0 saturated heterocycles. The maximum Gasteiger partial charge on any atom is 0.329 e. The lowest BCUT2D eigenvalue weighted by Crippen LogP contribution is -2.32. The number of carbonyl (C=O) groups excluding carboxylic acids is 2. The zero-order valence-electron chi connectivity index (χ0n) is 14.9. The van der Waals surface area contributed by atoms with E-state index in [-0.39, 0.29) is 0 Å². The number of methoxy groups -OCH3 is 3. The van der Waals surface area contributed by atoms with Crippen LogP contribution in [0, 0.1) is 0 Å². The van der Waals surface area contributed by atoms with Crippen molar-refractivity contribution in [2.45, 2.75) is 0 Å². The molecule has 0 spiro atoms. The number of anilines is 1. The molecule has 0 fully saturated rings. The summed E-state index contributed by atoms with van der Waals surface area (Å²) in [5.74, 6) is -0.258. The van der Waals surface area contributed by atoms with Crippen LogP contribution in [0.3, 0.4) is 0 Å². The average Bonchev–Trinajstić information content (AvgIpc) is 2.67. The van der Waals surface area contributed by atoms with Gasteiger partial charge in [0.05, 0.1) is 32.6 Å². The van der Waals surface area contributed by atoms with E-state index in [0.717, 1.165) is 0 Å². The minimum atomic E-state index is -0.944. The fourth-order valence-corrected chi connectivity index (χ4v) is 2.34. The van der Waals surface area contributed by atoms with Crippen molar-refractivity contribution in [1.82, 2.24) is 5.43 Å². The number of nitrogens with zero attached hydrogens (tertiary/aromatic N) is 1. The highest BCUT2D eigenvalue weighted by atomic mass is 35.5. The number of rotatable bonds is 6. The highest BCUT2D eigenvalue weighted by Gasteiger charge is 2.14. The maximum absolute atomic E-state index is 11.9. The number of ether oxygens (including phenoxy) is 3. The van der Waals surface area contributed by atoms with E-state index in [9.17, 15) is 9.59 Å². The lowest BCUT2D eigenvalue weighted by atomic mass is 10.2. The molecular weight excluding hydrogens is 374 g/mol. The molecule has 2 rings (SSSR count). The number of hydrogen-bond donors (Lipinski definition) is 2. The number of carbonyl (C=O) groups is 2. The molecule has 0 aromatic heterocycles. The summed E-state index contributed by atoms with van der Waals surface area (Å²) in [5.41, 5.74) is 3.06. The van der Waals surface area contributed by atoms with Gasteiger partial charge in [-0.1, -0.05) is 11.6 Å². The minimum absolute atomic E-state index is 0.304. The molecule has 0 atom stereocenters. The van der Waals surface area contributed by atoms with Gasteiger partial charge >= 0.3 is 11.8 Å². The number of nitrogens with one attached hydrogen (secondary N) is 2. The minimum Gasteiger partial charge on any atom is -0.497 e. The Bertz CT molecular complexity index is 870. The van der Waals surface area contributed by atoms with Crippen molar-refractivity contribution in [3.8, 4) is 17.2 Å². The Kier molecular flexibility index (Phi) is 7.01. The Morgan fingerprint density at radius 2 is 1.67 bits per heavy atom. The standard InChI is InChI=1S/C18H18ClN3O5/c1-25-13-5-7-15(26-2)11(8-13)10-20-22-18(24)17(23)21-12-4-6-16(27-3)14(19)9-12/h4-10H,1-3H3,(H,21,23)(H,22,24)/b20-10-. The monoisotopic (exact) mass is 391 g/mol. The largest absolute Gasteiger partial charge is 0.497 e. The summed E-state index contributed by atoms with van der Waals surface area (Å²) in [7, 11) is 4.51. The van der Waals surface area contributed by atoms with Crippen LogP contribution in [0.2, 0.25) is 5.02 Å². The van der Waals surface area contributed by atoms with Crippen molar-refractivity contribution in [2.75, 3.05) is 26.6 Å². The van der Waals surface area contributed by atoms with Gasteiger partial charge in [-0.3, -0.25) is 9.59 Å². The van der Waals surface area contributed by atoms with Gasteiger partial charge in [0.15, 0.2) is 0 Å². The molecular formula is C18H18ClN3O5. The third-order valence-electron chi connectivity index (χ3n) is 3.42. The molecule has 0 aliphatic carbocycles. The van der Waals surface area contributed by atoms with E-state index in [1.165, 1.54) is 33.6 Å². The SMILES string of the molecule is COc1ccc(OC)c(/C=N\NC(=O)C(=O)Nc2ccc(OC)c(Cl)c2)c1. The van der Waals surface area contributed by atoms with Crippen LogP contribution >= 0.6 is 11.6 Å². The molecule has 2 N–H and O–H groups in total. The topological polar surface area (TPSA) is 98.3 Å². The Balaban J connectivity index is 1.99. The number of benzene rings is 2. The van der Waals surface area contributed by atoms with Crippen LogP contribution in [0.25, 0.3) is 0 Å². The van der Waals surface area contributed by atoms with Crippen molar-refractivity contribution in [3.05, 3.63) is 47.0 Å². The van der Waals surface area contributed by atoms with E-state index in [2.05, 4.69) is 15.8 Å². The first-order valence-corrected chi connectivity index (χ1v) is 8.06. The molecule has 0 heterocycles. The van der Waals surface area contributed by atoms with Crippen LogP contribution in [0.15, 0.2) is 41.5 Å². The van der Waals surface area contributed by atoms with Crippen molar-refractivity contribution < 1.29 is 23.8 Å². The van der Waals surface area contributed by atoms with Crippen molar-refractivity contribution in [1.29, 1.82) is 0 Å². The molecule has 142 valence electrons. The number of hydrogen-bond acceptors (Lipinski definition) is 6. The first-order chi connectivity index (χ1) is 13.0. The summed E-state index contributed by atoms with van der Waals surface area (Å²) in [5, 5.41) is 6.48. The van der Waals surface area contributed by atoms with Crippen molar-refractivity contribution >= 4 is 35.3 Å². The Hall–Kier alpha value is -3.26. The highest BCUT2D eigenvalue weighted by Crippen LogP contribution is 2.27. The number of halogens is 1. The van der Waals surface area contributed by atoms with Crippen LogP contribution in [0.1, 0.15) is 5.56 Å². The van der Waals surface area contributed by atoms with Crippen molar-refractivity contribution in [2.24, 2.45) is 5.10 Å². The summed E-state index contributed by atoms with van der Waals surface area (Å²) in [4.78, 5) is 23.8. The van der Waals surface area contributed by atoms with Gasteiger partial charge in [-0.2, -0.15) is 5.10 Å². The molecule has 0 aliphatic heterocycles. The van der Waals surface area contributed by atoms with Crippen LogP contribution in [-0.4, -0.2) is 39.4 Å². The highest BCUT2D eigenvalue weighted by molar-refractivity contribution is 6.40. The summed E-state index contributed by atoms with van der Waals surface area (Å²) >= 11 is 5.97. The smallest absolute Gasteiger partial charge is 0.329 e. The predicted octanol–water partition coefficient (Wildman–Crippen LogP) is 2.45. The second kappa shape index (κ2) is 9.44. The molecule has 27 heavy (non-hydrogen) atoms. The number of hydrazone groups is 1. The van der Waals surface area contributed by atoms with E-state index < -0.39 is 11.8 Å². The second-order valence-electron chi connectivity index (χ2n) is 5.11. The quantitative estimate of drug-likeness (QED) is 0.447. The normalized spacial score (nSPS) is 10.4. The van der Waals surface area contributed by atoms with E-state index in [1.807, 2.05) is 0 Å². The third-order valence-corrected chi connectivity index (χ3v) is 3.72. The summed E-state index contributed by atoms with van der Waals surface area (Å²) in [6, 6.07) is 9.69. The summed E-state index contributed by atoms with van der Waals surface area (Å²) in [6.07, 6.45) is 1.34. The Labute approximate surface area is 161 Å². The van der Waals surface area contributed by atoms with Gasteiger partial charge in [-0.25, -0.2) is 5.43 Å². The predicted molar refractivity (Wildman–Crippen MR) is 102 cm³/mol. The lowest BCUT2D eigenvalue weighted by Gasteiger charge is -2.08. The summed E-state index contributed by atoms with van der Waals surface area (Å²) in [6.45, 7) is 0. The molecule has 2 aromatic carbocycles. The molecule has 0 aliphatic rings. The van der Waals surface area contributed by atoms with Gasteiger partial charge < -0.3 is 19.5 Å². The molecule has 2 amide bonds. The lowest BCUT2D eigenvalue weighted by molar-refractivity contribution is -0.136. The fraction of sp³-hybridized carbons (Fsp3) is 0.167. The van der Waals surface area contributed by atoms with Gasteiger partial charge in [0.1, 0.15) is 17.2 Å². The molecule has 8 nitrogen and oxygen atoms in total. The Morgan fingerprint density at radius 1 is 0.963 bits per heavy atom. The van der Waals surface area contributed by atoms with Crippen LogP contribution < -0.4 is 25.0 Å². The zero-order valence-corrected chi connectivity index (χ0v) is 15.7. The van der Waals surface area contributed by atoms with Crippen LogP contribution in [-0.2, 0) is 9.59 Å². The van der Waals surface area contributed by atoms with E-state index >= 15 is 0 Å². The molecule has 2 aromatic rings. The van der Waals surface area contributed by atoms with Gasteiger partial charge in [-0.15, -0.1) is 0 Å².